The SMILES string of the molecule is CN(CC(=O)N[C@@H]1CCS(=O)(=O)C1)c1ccc2ccccc2c1. The van der Waals surface area contributed by atoms with Crippen LogP contribution < -0.4 is 10.2 Å². The second-order valence-electron chi connectivity index (χ2n) is 6.05. The van der Waals surface area contributed by atoms with E-state index < -0.39 is 9.84 Å². The number of amides is 1. The molecule has 0 spiro atoms. The van der Waals surface area contributed by atoms with Crippen molar-refractivity contribution in [1.82, 2.24) is 5.32 Å². The van der Waals surface area contributed by atoms with Crippen LogP contribution in [0.5, 0.6) is 0 Å². The van der Waals surface area contributed by atoms with Crippen molar-refractivity contribution in [3.8, 4) is 0 Å². The number of likely N-dealkylation sites (N-methyl/N-ethyl adjacent to an activating group) is 1. The van der Waals surface area contributed by atoms with Gasteiger partial charge in [0.2, 0.25) is 5.91 Å². The van der Waals surface area contributed by atoms with Gasteiger partial charge in [-0.05, 0) is 29.3 Å². The molecule has 6 heteroatoms. The lowest BCUT2D eigenvalue weighted by molar-refractivity contribution is -0.120. The van der Waals surface area contributed by atoms with Crippen molar-refractivity contribution in [2.75, 3.05) is 30.0 Å². The quantitative estimate of drug-likeness (QED) is 0.923. The van der Waals surface area contributed by atoms with Gasteiger partial charge in [-0.25, -0.2) is 8.42 Å². The number of fused-ring (bicyclic) bond motifs is 1. The molecule has 0 aliphatic carbocycles. The number of sulfone groups is 1. The van der Waals surface area contributed by atoms with Gasteiger partial charge >= 0.3 is 0 Å². The first kappa shape index (κ1) is 15.8. The highest BCUT2D eigenvalue weighted by atomic mass is 32.2. The molecule has 2 aromatic carbocycles. The molecule has 0 bridgehead atoms. The van der Waals surface area contributed by atoms with Gasteiger partial charge in [-0.1, -0.05) is 30.3 Å². The largest absolute Gasteiger partial charge is 0.365 e. The molecule has 3 rings (SSSR count). The third kappa shape index (κ3) is 3.82. The van der Waals surface area contributed by atoms with Crippen LogP contribution in [0.25, 0.3) is 10.8 Å². The van der Waals surface area contributed by atoms with E-state index in [1.165, 1.54) is 0 Å². The number of nitrogens with one attached hydrogen (secondary N) is 1. The van der Waals surface area contributed by atoms with Crippen molar-refractivity contribution in [3.63, 3.8) is 0 Å². The van der Waals surface area contributed by atoms with E-state index in [9.17, 15) is 13.2 Å². The highest BCUT2D eigenvalue weighted by Gasteiger charge is 2.28. The van der Waals surface area contributed by atoms with Crippen LogP contribution in [0.3, 0.4) is 0 Å². The second kappa shape index (κ2) is 6.20. The molecule has 1 aliphatic heterocycles. The number of hydrogen-bond donors (Lipinski definition) is 1. The molecule has 5 nitrogen and oxygen atoms in total. The maximum absolute atomic E-state index is 12.1. The molecule has 1 fully saturated rings. The lowest BCUT2D eigenvalue weighted by atomic mass is 10.1. The molecule has 0 radical (unpaired) electrons. The Kier molecular flexibility index (Phi) is 4.26. The summed E-state index contributed by atoms with van der Waals surface area (Å²) in [5, 5.41) is 5.09. The van der Waals surface area contributed by atoms with Gasteiger partial charge in [0.25, 0.3) is 0 Å². The summed E-state index contributed by atoms with van der Waals surface area (Å²) in [6, 6.07) is 13.9. The Bertz CT molecular complexity index is 833. The van der Waals surface area contributed by atoms with Gasteiger partial charge in [-0.3, -0.25) is 4.79 Å². The van der Waals surface area contributed by atoms with E-state index in [0.717, 1.165) is 16.5 Å². The highest BCUT2D eigenvalue weighted by Crippen LogP contribution is 2.21. The molecule has 1 aliphatic rings. The van der Waals surface area contributed by atoms with Crippen LogP contribution in [0.15, 0.2) is 42.5 Å². The minimum absolute atomic E-state index is 0.0540. The second-order valence-corrected chi connectivity index (χ2v) is 8.28. The maximum atomic E-state index is 12.1. The molecule has 1 atom stereocenters. The van der Waals surface area contributed by atoms with Crippen LogP contribution >= 0.6 is 0 Å². The van der Waals surface area contributed by atoms with Crippen LogP contribution in [0.2, 0.25) is 0 Å². The van der Waals surface area contributed by atoms with E-state index in [0.29, 0.717) is 6.42 Å². The molecule has 0 aromatic heterocycles. The predicted molar refractivity (Wildman–Crippen MR) is 92.4 cm³/mol. The summed E-state index contributed by atoms with van der Waals surface area (Å²) in [5.41, 5.74) is 0.956. The molecular weight excluding hydrogens is 312 g/mol. The normalized spacial score (nSPS) is 19.6. The summed E-state index contributed by atoms with van der Waals surface area (Å²) in [6.07, 6.45) is 0.508. The molecule has 1 heterocycles. The Balaban J connectivity index is 1.63. The van der Waals surface area contributed by atoms with E-state index in [2.05, 4.69) is 5.32 Å². The van der Waals surface area contributed by atoms with Gasteiger partial charge in [0.15, 0.2) is 9.84 Å². The number of anilines is 1. The number of nitrogens with zero attached hydrogens (tertiary/aromatic N) is 1. The zero-order valence-electron chi connectivity index (χ0n) is 13.0. The third-order valence-electron chi connectivity index (χ3n) is 4.15. The molecular formula is C17H20N2O3S. The molecule has 1 N–H and O–H groups in total. The van der Waals surface area contributed by atoms with Gasteiger partial charge in [0.05, 0.1) is 18.1 Å². The first-order valence-corrected chi connectivity index (χ1v) is 9.45. The Labute approximate surface area is 136 Å². The van der Waals surface area contributed by atoms with Crippen molar-refractivity contribution >= 4 is 32.2 Å². The van der Waals surface area contributed by atoms with Crippen molar-refractivity contribution < 1.29 is 13.2 Å². The molecule has 2 aromatic rings. The fourth-order valence-corrected chi connectivity index (χ4v) is 4.58. The van der Waals surface area contributed by atoms with E-state index in [1.54, 1.807) is 0 Å². The zero-order valence-corrected chi connectivity index (χ0v) is 13.8. The Hall–Kier alpha value is -2.08. The van der Waals surface area contributed by atoms with Crippen molar-refractivity contribution in [2.24, 2.45) is 0 Å². The molecule has 0 saturated carbocycles. The van der Waals surface area contributed by atoms with Gasteiger partial charge in [0, 0.05) is 18.8 Å². The van der Waals surface area contributed by atoms with Crippen LogP contribution in [-0.4, -0.2) is 45.5 Å². The standard InChI is InChI=1S/C17H20N2O3S/c1-19(11-17(20)18-15-8-9-23(21,22)12-15)16-7-6-13-4-2-3-5-14(13)10-16/h2-7,10,15H,8-9,11-12H2,1H3,(H,18,20)/t15-/m1/s1. The summed E-state index contributed by atoms with van der Waals surface area (Å²) in [5.74, 6) is 0.0689. The Morgan fingerprint density at radius 2 is 1.96 bits per heavy atom. The van der Waals surface area contributed by atoms with Gasteiger partial charge in [0.1, 0.15) is 0 Å². The fraction of sp³-hybridized carbons (Fsp3) is 0.353. The van der Waals surface area contributed by atoms with Crippen LogP contribution in [-0.2, 0) is 14.6 Å². The summed E-state index contributed by atoms with van der Waals surface area (Å²) in [4.78, 5) is 14.0. The first-order valence-electron chi connectivity index (χ1n) is 7.63. The van der Waals surface area contributed by atoms with Crippen LogP contribution in [0, 0.1) is 0 Å². The number of carbonyl (C=O) groups excluding carboxylic acids is 1. The van der Waals surface area contributed by atoms with Gasteiger partial charge in [-0.2, -0.15) is 0 Å². The summed E-state index contributed by atoms with van der Waals surface area (Å²) >= 11 is 0. The number of rotatable bonds is 4. The molecule has 23 heavy (non-hydrogen) atoms. The minimum atomic E-state index is -2.97. The molecule has 0 unspecified atom stereocenters. The van der Waals surface area contributed by atoms with E-state index in [-0.39, 0.29) is 30.0 Å². The molecule has 122 valence electrons. The molecule has 1 saturated heterocycles. The van der Waals surface area contributed by atoms with Crippen LogP contribution in [0.4, 0.5) is 5.69 Å². The zero-order chi connectivity index (χ0) is 16.4. The minimum Gasteiger partial charge on any atom is -0.365 e. The average Bonchev–Trinajstić information content (AvgIpc) is 2.85. The van der Waals surface area contributed by atoms with Crippen molar-refractivity contribution in [1.29, 1.82) is 0 Å². The summed E-state index contributed by atoms with van der Waals surface area (Å²) < 4.78 is 22.9. The lowest BCUT2D eigenvalue weighted by Gasteiger charge is -2.20. The first-order chi connectivity index (χ1) is 10.9. The van der Waals surface area contributed by atoms with Crippen LogP contribution in [0.1, 0.15) is 6.42 Å². The van der Waals surface area contributed by atoms with Crippen molar-refractivity contribution in [2.45, 2.75) is 12.5 Å². The third-order valence-corrected chi connectivity index (χ3v) is 5.92. The monoisotopic (exact) mass is 332 g/mol. The number of benzene rings is 2. The van der Waals surface area contributed by atoms with Crippen molar-refractivity contribution in [3.05, 3.63) is 42.5 Å². The predicted octanol–water partition coefficient (Wildman–Crippen LogP) is 1.58. The van der Waals surface area contributed by atoms with E-state index in [1.807, 2.05) is 54.4 Å². The van der Waals surface area contributed by atoms with E-state index in [4.69, 9.17) is 0 Å². The number of hydrogen-bond acceptors (Lipinski definition) is 4. The van der Waals surface area contributed by atoms with Gasteiger partial charge in [-0.15, -0.1) is 0 Å². The average molecular weight is 332 g/mol. The maximum Gasteiger partial charge on any atom is 0.239 e. The Morgan fingerprint density at radius 1 is 1.22 bits per heavy atom. The lowest BCUT2D eigenvalue weighted by Crippen LogP contribution is -2.41. The summed E-state index contributed by atoms with van der Waals surface area (Å²) in [6.45, 7) is 0.203. The van der Waals surface area contributed by atoms with E-state index >= 15 is 0 Å². The fourth-order valence-electron chi connectivity index (χ4n) is 2.90. The van der Waals surface area contributed by atoms with Gasteiger partial charge < -0.3 is 10.2 Å². The number of carbonyl (C=O) groups is 1. The summed E-state index contributed by atoms with van der Waals surface area (Å²) in [7, 11) is -1.12. The Morgan fingerprint density at radius 3 is 2.65 bits per heavy atom. The molecule has 1 amide bonds. The topological polar surface area (TPSA) is 66.5 Å². The highest BCUT2D eigenvalue weighted by molar-refractivity contribution is 7.91. The smallest absolute Gasteiger partial charge is 0.239 e.